The van der Waals surface area contributed by atoms with Crippen molar-refractivity contribution in [3.8, 4) is 0 Å². The molecule has 2 aliphatic rings. The lowest BCUT2D eigenvalue weighted by molar-refractivity contribution is 0.156. The summed E-state index contributed by atoms with van der Waals surface area (Å²) in [6, 6.07) is 7.57. The van der Waals surface area contributed by atoms with Crippen LogP contribution in [0.3, 0.4) is 0 Å². The Kier molecular flexibility index (Phi) is 9.38. The molecular weight excluding hydrogens is 515 g/mol. The van der Waals surface area contributed by atoms with E-state index in [-0.39, 0.29) is 35.8 Å². The summed E-state index contributed by atoms with van der Waals surface area (Å²) in [4.78, 5) is 7.17. The zero-order chi connectivity index (χ0) is 20.9. The van der Waals surface area contributed by atoms with Gasteiger partial charge in [0.25, 0.3) is 0 Å². The topological polar surface area (TPSA) is 83.0 Å². The number of hydrogen-bond acceptors (Lipinski definition) is 4. The number of nitrogens with zero attached hydrogens (tertiary/aromatic N) is 2. The van der Waals surface area contributed by atoms with E-state index >= 15 is 0 Å². The Hall–Kier alpha value is -0.910. The molecule has 2 N–H and O–H groups in total. The first-order chi connectivity index (χ1) is 13.8. The molecule has 2 heterocycles. The Morgan fingerprint density at radius 2 is 1.93 bits per heavy atom. The van der Waals surface area contributed by atoms with Crippen molar-refractivity contribution in [1.82, 2.24) is 14.9 Å². The summed E-state index contributed by atoms with van der Waals surface area (Å²) in [6.45, 7) is 10.9. The largest absolute Gasteiger partial charge is 0.381 e. The number of benzene rings is 1. The number of sulfonamides is 1. The van der Waals surface area contributed by atoms with Gasteiger partial charge in [-0.2, -0.15) is 0 Å². The number of rotatable bonds is 7. The van der Waals surface area contributed by atoms with Crippen molar-refractivity contribution in [2.45, 2.75) is 52.0 Å². The molecular formula is C21H35IN4O3S. The fourth-order valence-corrected chi connectivity index (χ4v) is 5.47. The third-order valence-electron chi connectivity index (χ3n) is 5.46. The third-order valence-corrected chi connectivity index (χ3v) is 7.01. The monoisotopic (exact) mass is 550 g/mol. The van der Waals surface area contributed by atoms with Crippen molar-refractivity contribution in [2.24, 2.45) is 10.4 Å². The Labute approximate surface area is 198 Å². The highest BCUT2D eigenvalue weighted by atomic mass is 127. The van der Waals surface area contributed by atoms with Crippen LogP contribution in [0.25, 0.3) is 0 Å². The zero-order valence-corrected chi connectivity index (χ0v) is 21.3. The van der Waals surface area contributed by atoms with Gasteiger partial charge in [-0.3, -0.25) is 0 Å². The first-order valence-corrected chi connectivity index (χ1v) is 12.1. The predicted molar refractivity (Wildman–Crippen MR) is 132 cm³/mol. The van der Waals surface area contributed by atoms with Gasteiger partial charge in [0.05, 0.1) is 18.9 Å². The minimum Gasteiger partial charge on any atom is -0.381 e. The molecule has 30 heavy (non-hydrogen) atoms. The van der Waals surface area contributed by atoms with Crippen molar-refractivity contribution in [1.29, 1.82) is 0 Å². The van der Waals surface area contributed by atoms with Gasteiger partial charge < -0.3 is 15.0 Å². The van der Waals surface area contributed by atoms with Crippen LogP contribution in [0.4, 0.5) is 0 Å². The van der Waals surface area contributed by atoms with Crippen LogP contribution in [0, 0.1) is 5.41 Å². The molecule has 0 aromatic heterocycles. The van der Waals surface area contributed by atoms with Crippen molar-refractivity contribution >= 4 is 40.0 Å². The maximum absolute atomic E-state index is 12.1. The maximum atomic E-state index is 12.1. The highest BCUT2D eigenvalue weighted by molar-refractivity contribution is 14.0. The fraction of sp³-hybridized carbons (Fsp3) is 0.667. The first kappa shape index (κ1) is 25.4. The summed E-state index contributed by atoms with van der Waals surface area (Å²) in [5, 5.41) is 3.41. The van der Waals surface area contributed by atoms with Crippen LogP contribution >= 0.6 is 24.0 Å². The Balaban J connectivity index is 0.00000320. The molecule has 1 aromatic carbocycles. The molecule has 7 nitrogen and oxygen atoms in total. The number of guanidine groups is 1. The molecule has 0 saturated carbocycles. The molecule has 1 unspecified atom stereocenters. The van der Waals surface area contributed by atoms with Crippen molar-refractivity contribution < 1.29 is 13.2 Å². The van der Waals surface area contributed by atoms with E-state index in [4.69, 9.17) is 9.73 Å². The molecule has 0 aliphatic carbocycles. The molecule has 3 rings (SSSR count). The van der Waals surface area contributed by atoms with E-state index in [2.05, 4.69) is 21.9 Å². The first-order valence-electron chi connectivity index (χ1n) is 10.5. The molecule has 1 aromatic rings. The normalized spacial score (nSPS) is 22.0. The van der Waals surface area contributed by atoms with E-state index in [9.17, 15) is 8.42 Å². The van der Waals surface area contributed by atoms with Crippen LogP contribution in [-0.4, -0.2) is 58.2 Å². The SMILES string of the molecule is CCNC(=NCc1ccc(CS(=O)(=O)NC(C)C)cc1)N1CCC2(CCOC2)C1.I. The molecule has 2 aliphatic heterocycles. The molecule has 1 spiro atoms. The third kappa shape index (κ3) is 7.06. The number of hydrogen-bond donors (Lipinski definition) is 2. The minimum absolute atomic E-state index is 0. The summed E-state index contributed by atoms with van der Waals surface area (Å²) in [6.07, 6.45) is 2.30. The molecule has 2 saturated heterocycles. The highest BCUT2D eigenvalue weighted by Crippen LogP contribution is 2.38. The van der Waals surface area contributed by atoms with Gasteiger partial charge in [0, 0.05) is 37.7 Å². The van der Waals surface area contributed by atoms with Gasteiger partial charge in [-0.05, 0) is 44.7 Å². The van der Waals surface area contributed by atoms with Crippen molar-refractivity contribution in [3.05, 3.63) is 35.4 Å². The maximum Gasteiger partial charge on any atom is 0.216 e. The Morgan fingerprint density at radius 1 is 1.23 bits per heavy atom. The fourth-order valence-electron chi connectivity index (χ4n) is 4.04. The number of halogens is 1. The molecule has 0 radical (unpaired) electrons. The van der Waals surface area contributed by atoms with Crippen molar-refractivity contribution in [2.75, 3.05) is 32.8 Å². The van der Waals surface area contributed by atoms with E-state index in [1.165, 1.54) is 0 Å². The minimum atomic E-state index is -3.31. The smallest absolute Gasteiger partial charge is 0.216 e. The summed E-state index contributed by atoms with van der Waals surface area (Å²) < 4.78 is 32.4. The summed E-state index contributed by atoms with van der Waals surface area (Å²) in [5.41, 5.74) is 2.14. The standard InChI is InChI=1S/C21H34N4O3S.HI/c1-4-22-20(25-11-9-21(15-25)10-12-28-16-21)23-13-18-5-7-19(8-6-18)14-29(26,27)24-17(2)3;/h5-8,17,24H,4,9-16H2,1-3H3,(H,22,23);1H. The lowest BCUT2D eigenvalue weighted by Gasteiger charge is -2.25. The second-order valence-electron chi connectivity index (χ2n) is 8.49. The van der Waals surface area contributed by atoms with Crippen LogP contribution in [-0.2, 0) is 27.1 Å². The lowest BCUT2D eigenvalue weighted by atomic mass is 9.87. The predicted octanol–water partition coefficient (Wildman–Crippen LogP) is 2.71. The van der Waals surface area contributed by atoms with Crippen molar-refractivity contribution in [3.63, 3.8) is 0 Å². The van der Waals surface area contributed by atoms with E-state index < -0.39 is 10.0 Å². The summed E-state index contributed by atoms with van der Waals surface area (Å²) in [5.74, 6) is 0.944. The van der Waals surface area contributed by atoms with Gasteiger partial charge >= 0.3 is 0 Å². The van der Waals surface area contributed by atoms with Crippen LogP contribution in [0.15, 0.2) is 29.3 Å². The van der Waals surface area contributed by atoms with Gasteiger partial charge in [0.1, 0.15) is 0 Å². The average Bonchev–Trinajstić information content (AvgIpc) is 3.28. The van der Waals surface area contributed by atoms with Gasteiger partial charge in [0.15, 0.2) is 5.96 Å². The van der Waals surface area contributed by atoms with Crippen LogP contribution < -0.4 is 10.0 Å². The molecule has 0 bridgehead atoms. The second kappa shape index (κ2) is 11.1. The average molecular weight is 551 g/mol. The van der Waals surface area contributed by atoms with E-state index in [1.54, 1.807) is 0 Å². The van der Waals surface area contributed by atoms with Gasteiger partial charge in [-0.1, -0.05) is 24.3 Å². The Morgan fingerprint density at radius 3 is 2.53 bits per heavy atom. The lowest BCUT2D eigenvalue weighted by Crippen LogP contribution is -2.41. The number of nitrogens with one attached hydrogen (secondary N) is 2. The van der Waals surface area contributed by atoms with E-state index in [0.717, 1.165) is 62.8 Å². The van der Waals surface area contributed by atoms with E-state index in [0.29, 0.717) is 12.0 Å². The summed E-state index contributed by atoms with van der Waals surface area (Å²) >= 11 is 0. The zero-order valence-electron chi connectivity index (χ0n) is 18.2. The molecule has 170 valence electrons. The molecule has 9 heteroatoms. The molecule has 2 fully saturated rings. The summed E-state index contributed by atoms with van der Waals surface area (Å²) in [7, 11) is -3.31. The van der Waals surface area contributed by atoms with Crippen LogP contribution in [0.2, 0.25) is 0 Å². The van der Waals surface area contributed by atoms with E-state index in [1.807, 2.05) is 38.1 Å². The molecule has 1 atom stereocenters. The Bertz CT molecular complexity index is 806. The highest BCUT2D eigenvalue weighted by Gasteiger charge is 2.42. The molecule has 0 amide bonds. The van der Waals surface area contributed by atoms with Crippen LogP contribution in [0.1, 0.15) is 44.7 Å². The van der Waals surface area contributed by atoms with Gasteiger partial charge in [0.2, 0.25) is 10.0 Å². The van der Waals surface area contributed by atoms with Gasteiger partial charge in [-0.25, -0.2) is 18.1 Å². The number of likely N-dealkylation sites (tertiary alicyclic amines) is 1. The quantitative estimate of drug-likeness (QED) is 0.310. The van der Waals surface area contributed by atoms with Crippen LogP contribution in [0.5, 0.6) is 0 Å². The number of ether oxygens (including phenoxy) is 1. The second-order valence-corrected chi connectivity index (χ2v) is 10.2. The number of aliphatic imine (C=N–C) groups is 1. The van der Waals surface area contributed by atoms with Gasteiger partial charge in [-0.15, -0.1) is 24.0 Å².